The first-order valence-electron chi connectivity index (χ1n) is 10.8. The number of ether oxygens (including phenoxy) is 1. The van der Waals surface area contributed by atoms with Crippen LogP contribution in [0.1, 0.15) is 96.8 Å². The van der Waals surface area contributed by atoms with E-state index in [-0.39, 0.29) is 19.8 Å². The average Bonchev–Trinajstić information content (AvgIpc) is 3.09. The molecule has 1 heterocycles. The Balaban J connectivity index is 1.88. The molecular formula is C22H41NO3. The van der Waals surface area contributed by atoms with E-state index >= 15 is 0 Å². The van der Waals surface area contributed by atoms with E-state index < -0.39 is 5.54 Å². The van der Waals surface area contributed by atoms with Gasteiger partial charge in [-0.1, -0.05) is 83.3 Å². The number of allylic oxidation sites excluding steroid dienone is 2. The normalized spacial score (nSPS) is 16.2. The lowest BCUT2D eigenvalue weighted by Gasteiger charge is -2.16. The molecule has 0 aromatic heterocycles. The minimum atomic E-state index is -0.811. The van der Waals surface area contributed by atoms with Crippen LogP contribution in [-0.2, 0) is 4.74 Å². The van der Waals surface area contributed by atoms with Gasteiger partial charge in [-0.25, -0.2) is 4.99 Å². The van der Waals surface area contributed by atoms with Crippen LogP contribution < -0.4 is 0 Å². The molecule has 0 unspecified atom stereocenters. The molecule has 0 atom stereocenters. The molecule has 2 N–H and O–H groups in total. The minimum absolute atomic E-state index is 0.165. The van der Waals surface area contributed by atoms with Crippen LogP contribution in [0.25, 0.3) is 0 Å². The molecule has 0 aromatic carbocycles. The molecule has 26 heavy (non-hydrogen) atoms. The van der Waals surface area contributed by atoms with Gasteiger partial charge in [-0.05, 0) is 19.3 Å². The smallest absolute Gasteiger partial charge is 0.184 e. The molecule has 1 rings (SSSR count). The van der Waals surface area contributed by atoms with E-state index in [0.29, 0.717) is 5.90 Å². The van der Waals surface area contributed by atoms with Crippen molar-refractivity contribution in [3.63, 3.8) is 0 Å². The Morgan fingerprint density at radius 2 is 1.38 bits per heavy atom. The SMILES string of the molecule is CCCCCCCCCCCCC/C=C/CCC1=NC(CO)(CO)CO1. The van der Waals surface area contributed by atoms with Crippen LogP contribution in [0.15, 0.2) is 17.1 Å². The van der Waals surface area contributed by atoms with Crippen LogP contribution >= 0.6 is 0 Å². The Morgan fingerprint density at radius 3 is 1.92 bits per heavy atom. The van der Waals surface area contributed by atoms with Gasteiger partial charge in [-0.2, -0.15) is 0 Å². The number of rotatable bonds is 17. The van der Waals surface area contributed by atoms with Crippen LogP contribution in [-0.4, -0.2) is 41.5 Å². The Labute approximate surface area is 160 Å². The van der Waals surface area contributed by atoms with Gasteiger partial charge in [-0.3, -0.25) is 0 Å². The van der Waals surface area contributed by atoms with Crippen molar-refractivity contribution >= 4 is 5.90 Å². The standard InChI is InChI=1S/C22H41NO3/c1-2-3-4-5-6-7-8-9-10-11-12-13-14-15-16-17-21-23-22(18-24,19-25)20-26-21/h14-15,24-25H,2-13,16-20H2,1H3/b15-14+. The van der Waals surface area contributed by atoms with Crippen molar-refractivity contribution in [1.29, 1.82) is 0 Å². The van der Waals surface area contributed by atoms with Crippen molar-refractivity contribution in [3.05, 3.63) is 12.2 Å². The van der Waals surface area contributed by atoms with Crippen LogP contribution in [0.2, 0.25) is 0 Å². The van der Waals surface area contributed by atoms with E-state index in [0.717, 1.165) is 19.3 Å². The summed E-state index contributed by atoms with van der Waals surface area (Å²) in [6.07, 6.45) is 22.5. The topological polar surface area (TPSA) is 62.1 Å². The van der Waals surface area contributed by atoms with Crippen molar-refractivity contribution in [1.82, 2.24) is 0 Å². The van der Waals surface area contributed by atoms with Crippen molar-refractivity contribution in [3.8, 4) is 0 Å². The van der Waals surface area contributed by atoms with Crippen LogP contribution in [0.3, 0.4) is 0 Å². The number of aliphatic hydroxyl groups excluding tert-OH is 2. The number of aliphatic imine (C=N–C) groups is 1. The zero-order valence-corrected chi connectivity index (χ0v) is 16.9. The molecule has 4 nitrogen and oxygen atoms in total. The summed E-state index contributed by atoms with van der Waals surface area (Å²) in [6, 6.07) is 0. The Bertz CT molecular complexity index is 389. The fraction of sp³-hybridized carbons (Fsp3) is 0.864. The van der Waals surface area contributed by atoms with E-state index in [1.54, 1.807) is 0 Å². The fourth-order valence-corrected chi connectivity index (χ4v) is 3.26. The first kappa shape index (κ1) is 23.2. The molecule has 0 saturated heterocycles. The summed E-state index contributed by atoms with van der Waals surface area (Å²) in [6.45, 7) is 2.23. The highest BCUT2D eigenvalue weighted by atomic mass is 16.5. The number of nitrogens with zero attached hydrogens (tertiary/aromatic N) is 1. The molecule has 0 radical (unpaired) electrons. The summed E-state index contributed by atoms with van der Waals surface area (Å²) in [7, 11) is 0. The summed E-state index contributed by atoms with van der Waals surface area (Å²) in [5, 5.41) is 18.6. The molecule has 1 aliphatic rings. The van der Waals surface area contributed by atoms with Gasteiger partial charge in [0, 0.05) is 6.42 Å². The number of hydrogen-bond acceptors (Lipinski definition) is 4. The van der Waals surface area contributed by atoms with Gasteiger partial charge in [0.2, 0.25) is 0 Å². The predicted molar refractivity (Wildman–Crippen MR) is 110 cm³/mol. The molecule has 0 saturated carbocycles. The lowest BCUT2D eigenvalue weighted by atomic mass is 10.1. The highest BCUT2D eigenvalue weighted by Gasteiger charge is 2.35. The summed E-state index contributed by atoms with van der Waals surface area (Å²) in [4.78, 5) is 4.32. The second kappa shape index (κ2) is 15.2. The molecule has 0 fully saturated rings. The van der Waals surface area contributed by atoms with Gasteiger partial charge < -0.3 is 14.9 Å². The molecule has 1 aliphatic heterocycles. The summed E-state index contributed by atoms with van der Waals surface area (Å²) in [5.41, 5.74) is -0.811. The van der Waals surface area contributed by atoms with Crippen molar-refractivity contribution < 1.29 is 14.9 Å². The molecule has 0 spiro atoms. The van der Waals surface area contributed by atoms with Gasteiger partial charge in [0.05, 0.1) is 13.2 Å². The van der Waals surface area contributed by atoms with E-state index in [2.05, 4.69) is 24.1 Å². The predicted octanol–water partition coefficient (Wildman–Crippen LogP) is 5.18. The summed E-state index contributed by atoms with van der Waals surface area (Å²) >= 11 is 0. The third-order valence-electron chi connectivity index (χ3n) is 5.12. The molecule has 4 heteroatoms. The first-order valence-corrected chi connectivity index (χ1v) is 10.8. The second-order valence-corrected chi connectivity index (χ2v) is 7.67. The van der Waals surface area contributed by atoms with Crippen LogP contribution in [0.5, 0.6) is 0 Å². The summed E-state index contributed by atoms with van der Waals surface area (Å²) in [5.74, 6) is 0.660. The minimum Gasteiger partial charge on any atom is -0.478 e. The Morgan fingerprint density at radius 1 is 0.846 bits per heavy atom. The summed E-state index contributed by atoms with van der Waals surface area (Å²) < 4.78 is 5.47. The average molecular weight is 368 g/mol. The van der Waals surface area contributed by atoms with E-state index in [1.165, 1.54) is 70.6 Å². The van der Waals surface area contributed by atoms with Gasteiger partial charge >= 0.3 is 0 Å². The fourth-order valence-electron chi connectivity index (χ4n) is 3.26. The molecular weight excluding hydrogens is 326 g/mol. The highest BCUT2D eigenvalue weighted by molar-refractivity contribution is 5.78. The van der Waals surface area contributed by atoms with Crippen molar-refractivity contribution in [2.24, 2.45) is 4.99 Å². The Kier molecular flexibility index (Phi) is 13.6. The largest absolute Gasteiger partial charge is 0.478 e. The number of unbranched alkanes of at least 4 members (excludes halogenated alkanes) is 11. The van der Waals surface area contributed by atoms with Crippen molar-refractivity contribution in [2.45, 2.75) is 102 Å². The second-order valence-electron chi connectivity index (χ2n) is 7.67. The maximum atomic E-state index is 9.28. The van der Waals surface area contributed by atoms with E-state index in [1.807, 2.05) is 0 Å². The van der Waals surface area contributed by atoms with Gasteiger partial charge in [0.25, 0.3) is 0 Å². The molecule has 0 bridgehead atoms. The number of hydrogen-bond donors (Lipinski definition) is 2. The van der Waals surface area contributed by atoms with Gasteiger partial charge in [0.1, 0.15) is 12.1 Å². The molecule has 152 valence electrons. The zero-order chi connectivity index (χ0) is 18.9. The molecule has 0 aromatic rings. The van der Waals surface area contributed by atoms with Gasteiger partial charge in [-0.15, -0.1) is 0 Å². The molecule has 0 aliphatic carbocycles. The van der Waals surface area contributed by atoms with Crippen molar-refractivity contribution in [2.75, 3.05) is 19.8 Å². The third kappa shape index (κ3) is 10.3. The van der Waals surface area contributed by atoms with Gasteiger partial charge in [0.15, 0.2) is 5.90 Å². The number of aliphatic hydroxyl groups is 2. The van der Waals surface area contributed by atoms with E-state index in [9.17, 15) is 10.2 Å². The lowest BCUT2D eigenvalue weighted by Crippen LogP contribution is -2.37. The maximum absolute atomic E-state index is 9.28. The maximum Gasteiger partial charge on any atom is 0.184 e. The van der Waals surface area contributed by atoms with Crippen LogP contribution in [0.4, 0.5) is 0 Å². The third-order valence-corrected chi connectivity index (χ3v) is 5.12. The van der Waals surface area contributed by atoms with E-state index in [4.69, 9.17) is 4.74 Å². The quantitative estimate of drug-likeness (QED) is 0.275. The zero-order valence-electron chi connectivity index (χ0n) is 16.9. The molecule has 0 amide bonds. The highest BCUT2D eigenvalue weighted by Crippen LogP contribution is 2.19. The first-order chi connectivity index (χ1) is 12.8. The van der Waals surface area contributed by atoms with Crippen LogP contribution in [0, 0.1) is 0 Å². The Hall–Kier alpha value is -0.870. The monoisotopic (exact) mass is 367 g/mol. The lowest BCUT2D eigenvalue weighted by molar-refractivity contribution is 0.0973.